The molecule has 0 aliphatic heterocycles. The Morgan fingerprint density at radius 1 is 1.65 bits per heavy atom. The van der Waals surface area contributed by atoms with Crippen LogP contribution in [0.4, 0.5) is 0 Å². The normalized spacial score (nSPS) is 14.9. The van der Waals surface area contributed by atoms with Gasteiger partial charge in [-0.1, -0.05) is 18.5 Å². The van der Waals surface area contributed by atoms with E-state index >= 15 is 0 Å². The predicted molar refractivity (Wildman–Crippen MR) is 73.6 cm³/mol. The van der Waals surface area contributed by atoms with E-state index < -0.39 is 0 Å². The molecule has 1 heterocycles. The van der Waals surface area contributed by atoms with Gasteiger partial charge in [0.2, 0.25) is 0 Å². The summed E-state index contributed by atoms with van der Waals surface area (Å²) in [6.07, 6.45) is 3.73. The smallest absolute Gasteiger partial charge is 0.0834 e. The third kappa shape index (κ3) is 3.88. The second kappa shape index (κ2) is 7.26. The molecule has 0 spiro atoms. The second-order valence-corrected chi connectivity index (χ2v) is 5.37. The summed E-state index contributed by atoms with van der Waals surface area (Å²) < 4.78 is 6.89. The molecule has 0 aliphatic rings. The number of methoxy groups -OCH3 is 1. The Bertz CT molecular complexity index is 345. The van der Waals surface area contributed by atoms with Crippen LogP contribution in [-0.2, 0) is 11.3 Å². The first-order valence-electron chi connectivity index (χ1n) is 5.56. The second-order valence-electron chi connectivity index (χ2n) is 4.05. The number of thioether (sulfide) groups is 1. The third-order valence-corrected chi connectivity index (χ3v) is 3.85. The Kier molecular flexibility index (Phi) is 6.33. The molecule has 0 aromatic carbocycles. The van der Waals surface area contributed by atoms with Crippen LogP contribution in [0.3, 0.4) is 0 Å². The predicted octanol–water partition coefficient (Wildman–Crippen LogP) is 2.18. The van der Waals surface area contributed by atoms with Crippen LogP contribution in [0.5, 0.6) is 0 Å². The van der Waals surface area contributed by atoms with E-state index in [1.54, 1.807) is 25.1 Å². The molecule has 0 aliphatic carbocycles. The van der Waals surface area contributed by atoms with E-state index in [4.69, 9.17) is 22.1 Å². The lowest BCUT2D eigenvalue weighted by atomic mass is 10.0. The average Bonchev–Trinajstić information content (AvgIpc) is 2.67. The van der Waals surface area contributed by atoms with Crippen molar-refractivity contribution in [1.29, 1.82) is 0 Å². The van der Waals surface area contributed by atoms with Crippen molar-refractivity contribution in [1.82, 2.24) is 9.78 Å². The molecule has 0 radical (unpaired) electrons. The van der Waals surface area contributed by atoms with E-state index in [0.717, 1.165) is 11.4 Å². The van der Waals surface area contributed by atoms with E-state index in [-0.39, 0.29) is 6.04 Å². The molecule has 2 atom stereocenters. The van der Waals surface area contributed by atoms with Gasteiger partial charge in [0.25, 0.3) is 0 Å². The maximum Gasteiger partial charge on any atom is 0.0834 e. The zero-order valence-corrected chi connectivity index (χ0v) is 12.1. The van der Waals surface area contributed by atoms with Crippen molar-refractivity contribution in [2.24, 2.45) is 11.7 Å². The van der Waals surface area contributed by atoms with Crippen molar-refractivity contribution in [2.45, 2.75) is 19.5 Å². The van der Waals surface area contributed by atoms with Crippen LogP contribution in [0.15, 0.2) is 6.20 Å². The summed E-state index contributed by atoms with van der Waals surface area (Å²) in [7, 11) is 1.67. The molecule has 0 saturated heterocycles. The fraction of sp³-hybridized carbons (Fsp3) is 0.727. The topological polar surface area (TPSA) is 53.1 Å². The lowest BCUT2D eigenvalue weighted by Crippen LogP contribution is -2.25. The molecule has 1 aromatic heterocycles. The molecule has 6 heteroatoms. The summed E-state index contributed by atoms with van der Waals surface area (Å²) in [4.78, 5) is 0. The minimum atomic E-state index is -0.0886. The van der Waals surface area contributed by atoms with Crippen LogP contribution in [0, 0.1) is 5.92 Å². The average molecular weight is 278 g/mol. The zero-order valence-electron chi connectivity index (χ0n) is 10.5. The van der Waals surface area contributed by atoms with E-state index in [2.05, 4.69) is 18.3 Å². The van der Waals surface area contributed by atoms with Gasteiger partial charge in [-0.25, -0.2) is 0 Å². The molecule has 17 heavy (non-hydrogen) atoms. The monoisotopic (exact) mass is 277 g/mol. The summed E-state index contributed by atoms with van der Waals surface area (Å²) >= 11 is 7.94. The van der Waals surface area contributed by atoms with Gasteiger partial charge >= 0.3 is 0 Å². The number of hydrogen-bond donors (Lipinski definition) is 1. The van der Waals surface area contributed by atoms with Crippen LogP contribution in [0.2, 0.25) is 5.02 Å². The first-order chi connectivity index (χ1) is 8.11. The van der Waals surface area contributed by atoms with Crippen LogP contribution < -0.4 is 5.73 Å². The first-order valence-corrected chi connectivity index (χ1v) is 7.33. The standard InChI is InChI=1S/C11H20ClN3OS/c1-8(7-17-3)10(13)11-9(12)6-14-15(11)4-5-16-2/h6,8,10H,4-5,7,13H2,1-3H3. The Morgan fingerprint density at radius 3 is 2.94 bits per heavy atom. The van der Waals surface area contributed by atoms with Gasteiger partial charge in [-0.15, -0.1) is 0 Å². The van der Waals surface area contributed by atoms with Crippen molar-refractivity contribution >= 4 is 23.4 Å². The highest BCUT2D eigenvalue weighted by atomic mass is 35.5. The SMILES string of the molecule is COCCn1ncc(Cl)c1C(N)C(C)CSC. The number of ether oxygens (including phenoxy) is 1. The van der Waals surface area contributed by atoms with Gasteiger partial charge in [0.15, 0.2) is 0 Å². The molecule has 4 nitrogen and oxygen atoms in total. The quantitative estimate of drug-likeness (QED) is 0.830. The highest BCUT2D eigenvalue weighted by molar-refractivity contribution is 7.98. The number of halogens is 1. The van der Waals surface area contributed by atoms with Crippen molar-refractivity contribution < 1.29 is 4.74 Å². The third-order valence-electron chi connectivity index (χ3n) is 2.70. The van der Waals surface area contributed by atoms with Gasteiger partial charge < -0.3 is 10.5 Å². The van der Waals surface area contributed by atoms with Crippen LogP contribution >= 0.6 is 23.4 Å². The van der Waals surface area contributed by atoms with Gasteiger partial charge in [-0.3, -0.25) is 4.68 Å². The Hall–Kier alpha value is -0.230. The fourth-order valence-electron chi connectivity index (χ4n) is 1.70. The van der Waals surface area contributed by atoms with Crippen LogP contribution in [0.1, 0.15) is 18.7 Å². The molecule has 0 amide bonds. The maximum absolute atomic E-state index is 6.24. The molecule has 2 N–H and O–H groups in total. The van der Waals surface area contributed by atoms with Crippen molar-refractivity contribution in [3.8, 4) is 0 Å². The van der Waals surface area contributed by atoms with E-state index in [0.29, 0.717) is 24.1 Å². The van der Waals surface area contributed by atoms with Gasteiger partial charge in [0.05, 0.1) is 36.1 Å². The highest BCUT2D eigenvalue weighted by Gasteiger charge is 2.21. The Balaban J connectivity index is 2.83. The van der Waals surface area contributed by atoms with Crippen molar-refractivity contribution in [3.63, 3.8) is 0 Å². The van der Waals surface area contributed by atoms with Crippen LogP contribution in [0.25, 0.3) is 0 Å². The van der Waals surface area contributed by atoms with E-state index in [9.17, 15) is 0 Å². The maximum atomic E-state index is 6.24. The summed E-state index contributed by atoms with van der Waals surface area (Å²) in [5.41, 5.74) is 7.15. The van der Waals surface area contributed by atoms with Crippen LogP contribution in [-0.4, -0.2) is 35.5 Å². The summed E-state index contributed by atoms with van der Waals surface area (Å²) in [6.45, 7) is 3.41. The minimum Gasteiger partial charge on any atom is -0.383 e. The van der Waals surface area contributed by atoms with E-state index in [1.165, 1.54) is 0 Å². The number of nitrogens with two attached hydrogens (primary N) is 1. The Morgan fingerprint density at radius 2 is 2.35 bits per heavy atom. The molecule has 0 bridgehead atoms. The van der Waals surface area contributed by atoms with Gasteiger partial charge in [0.1, 0.15) is 0 Å². The first kappa shape index (κ1) is 14.8. The lowest BCUT2D eigenvalue weighted by molar-refractivity contribution is 0.181. The molecule has 1 aromatic rings. The van der Waals surface area contributed by atoms with Gasteiger partial charge in [-0.05, 0) is 17.9 Å². The fourth-order valence-corrected chi connectivity index (χ4v) is 2.70. The molecule has 2 unspecified atom stereocenters. The molecule has 0 saturated carbocycles. The molecule has 0 fully saturated rings. The lowest BCUT2D eigenvalue weighted by Gasteiger charge is -2.20. The summed E-state index contributed by atoms with van der Waals surface area (Å²) in [5, 5.41) is 4.88. The number of aromatic nitrogens is 2. The summed E-state index contributed by atoms with van der Waals surface area (Å²) in [5.74, 6) is 1.37. The van der Waals surface area contributed by atoms with E-state index in [1.807, 2.05) is 4.68 Å². The molecule has 98 valence electrons. The van der Waals surface area contributed by atoms with Crippen molar-refractivity contribution in [2.75, 3.05) is 25.7 Å². The highest BCUT2D eigenvalue weighted by Crippen LogP contribution is 2.27. The van der Waals surface area contributed by atoms with Crippen molar-refractivity contribution in [3.05, 3.63) is 16.9 Å². The summed E-state index contributed by atoms with van der Waals surface area (Å²) in [6, 6.07) is -0.0886. The number of rotatable bonds is 7. The largest absolute Gasteiger partial charge is 0.383 e. The van der Waals surface area contributed by atoms with Gasteiger partial charge in [-0.2, -0.15) is 16.9 Å². The number of hydrogen-bond acceptors (Lipinski definition) is 4. The minimum absolute atomic E-state index is 0.0886. The number of nitrogens with zero attached hydrogens (tertiary/aromatic N) is 2. The molecular formula is C11H20ClN3OS. The molecule has 1 rings (SSSR count). The zero-order chi connectivity index (χ0) is 12.8. The molecular weight excluding hydrogens is 258 g/mol. The van der Waals surface area contributed by atoms with Gasteiger partial charge in [0, 0.05) is 7.11 Å². The Labute approximate surface area is 112 Å².